The minimum Gasteiger partial charge on any atom is -0.492 e. The molecule has 0 bridgehead atoms. The van der Waals surface area contributed by atoms with Crippen molar-refractivity contribution in [2.45, 2.75) is 25.8 Å². The lowest BCUT2D eigenvalue weighted by molar-refractivity contribution is 0.0597. The summed E-state index contributed by atoms with van der Waals surface area (Å²) in [5, 5.41) is 3.24. The third-order valence-electron chi connectivity index (χ3n) is 5.83. The molecule has 0 radical (unpaired) electrons. The van der Waals surface area contributed by atoms with E-state index < -0.39 is 17.2 Å². The van der Waals surface area contributed by atoms with Crippen LogP contribution < -0.4 is 20.4 Å². The smallest absolute Gasteiger partial charge is 0.343 e. The number of pyridine rings is 1. The van der Waals surface area contributed by atoms with E-state index in [1.54, 1.807) is 6.92 Å². The topological polar surface area (TPSA) is 85.2 Å². The van der Waals surface area contributed by atoms with Gasteiger partial charge in [-0.3, -0.25) is 9.79 Å². The Morgan fingerprint density at radius 3 is 2.47 bits per heavy atom. The molecule has 1 aromatic carbocycles. The van der Waals surface area contributed by atoms with Gasteiger partial charge in [0.1, 0.15) is 16.9 Å². The van der Waals surface area contributed by atoms with Gasteiger partial charge in [0.05, 0.1) is 25.1 Å². The molecule has 1 aliphatic heterocycles. The molecule has 2 heterocycles. The molecule has 0 spiro atoms. The Hall–Kier alpha value is -2.94. The fraction of sp³-hybridized carbons (Fsp3) is 0.476. The molecule has 1 N–H and O–H groups in total. The Morgan fingerprint density at radius 2 is 1.93 bits per heavy atom. The number of halogens is 1. The Bertz CT molecular complexity index is 1100. The van der Waals surface area contributed by atoms with Crippen LogP contribution in [0.2, 0.25) is 0 Å². The molecule has 0 amide bonds. The lowest BCUT2D eigenvalue weighted by atomic mass is 10.0. The summed E-state index contributed by atoms with van der Waals surface area (Å²) >= 11 is 0. The number of hydrogen-bond acceptors (Lipinski definition) is 7. The molecule has 1 saturated heterocycles. The van der Waals surface area contributed by atoms with Crippen LogP contribution in [0, 0.1) is 12.7 Å². The van der Waals surface area contributed by atoms with Crippen LogP contribution >= 0.6 is 0 Å². The molecule has 0 unspecified atom stereocenters. The summed E-state index contributed by atoms with van der Waals surface area (Å²) in [6.45, 7) is 7.79. The monoisotopic (exact) mass is 416 g/mol. The number of carbonyl (C=O) groups excluding carboxylic acids is 1. The van der Waals surface area contributed by atoms with E-state index in [1.807, 2.05) is 9.47 Å². The molecule has 2 aromatic rings. The zero-order chi connectivity index (χ0) is 21.6. The van der Waals surface area contributed by atoms with Crippen molar-refractivity contribution in [2.75, 3.05) is 45.3 Å². The fourth-order valence-electron chi connectivity index (χ4n) is 4.33. The number of nitrogens with one attached hydrogen (secondary N) is 1. The van der Waals surface area contributed by atoms with E-state index in [4.69, 9.17) is 9.47 Å². The summed E-state index contributed by atoms with van der Waals surface area (Å²) in [5.41, 5.74) is 0.299. The number of methoxy groups -OCH3 is 2. The van der Waals surface area contributed by atoms with Gasteiger partial charge in [-0.05, 0) is 26.5 Å². The molecule has 1 aromatic heterocycles. The third-order valence-corrected chi connectivity index (χ3v) is 5.83. The summed E-state index contributed by atoms with van der Waals surface area (Å²) in [6, 6.07) is 0.0874. The first-order valence-corrected chi connectivity index (χ1v) is 9.95. The second kappa shape index (κ2) is 7.71. The van der Waals surface area contributed by atoms with Gasteiger partial charge in [0.25, 0.3) is 0 Å². The molecule has 9 heteroatoms. The van der Waals surface area contributed by atoms with Crippen LogP contribution in [0.3, 0.4) is 0 Å². The fourth-order valence-corrected chi connectivity index (χ4v) is 4.33. The molecule has 2 fully saturated rings. The SMILES string of the molecule is C=Nc1c(F)c(N2CCNCC2)c(OC)c2c1c(=O)c(C(=O)OC)c(C)n2C1CC1. The molecule has 160 valence electrons. The van der Waals surface area contributed by atoms with Crippen molar-refractivity contribution in [1.82, 2.24) is 9.88 Å². The molecule has 0 atom stereocenters. The third kappa shape index (κ3) is 2.96. The van der Waals surface area contributed by atoms with Crippen LogP contribution in [0.4, 0.5) is 15.8 Å². The maximum absolute atomic E-state index is 15.7. The lowest BCUT2D eigenvalue weighted by Gasteiger charge is -2.32. The molecule has 1 saturated carbocycles. The predicted octanol–water partition coefficient (Wildman–Crippen LogP) is 2.32. The number of aromatic nitrogens is 1. The van der Waals surface area contributed by atoms with E-state index in [1.165, 1.54) is 14.2 Å². The highest BCUT2D eigenvalue weighted by molar-refractivity contribution is 6.04. The van der Waals surface area contributed by atoms with Crippen molar-refractivity contribution in [3.8, 4) is 5.75 Å². The minimum absolute atomic E-state index is 0.00358. The van der Waals surface area contributed by atoms with Crippen molar-refractivity contribution in [3.63, 3.8) is 0 Å². The summed E-state index contributed by atoms with van der Waals surface area (Å²) in [6.07, 6.45) is 1.78. The van der Waals surface area contributed by atoms with E-state index in [-0.39, 0.29) is 34.1 Å². The highest BCUT2D eigenvalue weighted by Crippen LogP contribution is 2.48. The van der Waals surface area contributed by atoms with Crippen LogP contribution in [0.25, 0.3) is 10.9 Å². The van der Waals surface area contributed by atoms with Gasteiger partial charge < -0.3 is 24.3 Å². The van der Waals surface area contributed by atoms with E-state index in [0.717, 1.165) is 12.8 Å². The second-order valence-corrected chi connectivity index (χ2v) is 7.55. The Labute approximate surface area is 173 Å². The zero-order valence-electron chi connectivity index (χ0n) is 17.4. The number of piperazine rings is 1. The summed E-state index contributed by atoms with van der Waals surface area (Å²) in [5.74, 6) is -1.15. The van der Waals surface area contributed by atoms with Crippen molar-refractivity contribution in [1.29, 1.82) is 0 Å². The number of fused-ring (bicyclic) bond motifs is 1. The van der Waals surface area contributed by atoms with Crippen LogP contribution in [0.15, 0.2) is 9.79 Å². The number of benzene rings is 1. The number of esters is 1. The van der Waals surface area contributed by atoms with Crippen LogP contribution in [0.1, 0.15) is 34.9 Å². The van der Waals surface area contributed by atoms with E-state index >= 15 is 4.39 Å². The summed E-state index contributed by atoms with van der Waals surface area (Å²) < 4.78 is 28.2. The maximum Gasteiger partial charge on any atom is 0.343 e. The lowest BCUT2D eigenvalue weighted by Crippen LogP contribution is -2.44. The van der Waals surface area contributed by atoms with Gasteiger partial charge in [-0.15, -0.1) is 0 Å². The van der Waals surface area contributed by atoms with Crippen molar-refractivity contribution in [3.05, 3.63) is 27.3 Å². The Morgan fingerprint density at radius 1 is 1.27 bits per heavy atom. The summed E-state index contributed by atoms with van der Waals surface area (Å²) in [4.78, 5) is 31.6. The summed E-state index contributed by atoms with van der Waals surface area (Å²) in [7, 11) is 2.68. The average molecular weight is 416 g/mol. The van der Waals surface area contributed by atoms with Gasteiger partial charge in [0.15, 0.2) is 11.6 Å². The van der Waals surface area contributed by atoms with Gasteiger partial charge in [-0.2, -0.15) is 0 Å². The van der Waals surface area contributed by atoms with E-state index in [2.05, 4.69) is 17.0 Å². The number of nitrogens with zero attached hydrogens (tertiary/aromatic N) is 3. The number of aliphatic imine (C=N–C) groups is 1. The van der Waals surface area contributed by atoms with Crippen LogP contribution in [0.5, 0.6) is 5.75 Å². The maximum atomic E-state index is 15.7. The van der Waals surface area contributed by atoms with Crippen molar-refractivity contribution < 1.29 is 18.7 Å². The largest absolute Gasteiger partial charge is 0.492 e. The quantitative estimate of drug-likeness (QED) is 0.595. The van der Waals surface area contributed by atoms with Crippen LogP contribution in [-0.4, -0.2) is 57.7 Å². The van der Waals surface area contributed by atoms with E-state index in [9.17, 15) is 9.59 Å². The zero-order valence-corrected chi connectivity index (χ0v) is 17.4. The Kier molecular flexibility index (Phi) is 5.23. The number of hydrogen-bond donors (Lipinski definition) is 1. The number of anilines is 1. The van der Waals surface area contributed by atoms with Crippen LogP contribution in [-0.2, 0) is 4.74 Å². The minimum atomic E-state index is -0.755. The molecule has 30 heavy (non-hydrogen) atoms. The standard InChI is InChI=1S/C21H25FN4O4/c1-11-13(21(28)30-4)19(27)14-16(23-2)15(22)18(25-9-7-24-8-10-25)20(29-3)17(14)26(11)12-5-6-12/h12,24H,2,5-10H2,1,3-4H3. The van der Waals surface area contributed by atoms with Gasteiger partial charge in [0.2, 0.25) is 5.43 Å². The van der Waals surface area contributed by atoms with Gasteiger partial charge >= 0.3 is 5.97 Å². The molecular weight excluding hydrogens is 391 g/mol. The van der Waals surface area contributed by atoms with Crippen molar-refractivity contribution in [2.24, 2.45) is 4.99 Å². The number of rotatable bonds is 5. The molecule has 8 nitrogen and oxygen atoms in total. The van der Waals surface area contributed by atoms with Crippen molar-refractivity contribution >= 4 is 35.0 Å². The van der Waals surface area contributed by atoms with E-state index in [0.29, 0.717) is 37.4 Å². The first-order chi connectivity index (χ1) is 14.5. The normalized spacial score (nSPS) is 16.6. The predicted molar refractivity (Wildman–Crippen MR) is 113 cm³/mol. The first kappa shape index (κ1) is 20.3. The highest BCUT2D eigenvalue weighted by atomic mass is 19.1. The Balaban J connectivity index is 2.20. The van der Waals surface area contributed by atoms with Gasteiger partial charge in [0, 0.05) is 37.9 Å². The second-order valence-electron chi connectivity index (χ2n) is 7.55. The molecule has 4 rings (SSSR count). The van der Waals surface area contributed by atoms with Gasteiger partial charge in [-0.25, -0.2) is 9.18 Å². The molecular formula is C21H25FN4O4. The highest BCUT2D eigenvalue weighted by Gasteiger charge is 2.35. The molecule has 2 aliphatic rings. The molecule has 1 aliphatic carbocycles. The number of ether oxygens (including phenoxy) is 2. The first-order valence-electron chi connectivity index (χ1n) is 9.95. The van der Waals surface area contributed by atoms with Gasteiger partial charge in [-0.1, -0.05) is 0 Å². The number of carbonyl (C=O) groups is 1. The average Bonchev–Trinajstić information content (AvgIpc) is 3.59.